The summed E-state index contributed by atoms with van der Waals surface area (Å²) in [6.45, 7) is 4.21. The molecule has 0 unspecified atom stereocenters. The van der Waals surface area contributed by atoms with Crippen LogP contribution < -0.4 is 16.4 Å². The van der Waals surface area contributed by atoms with E-state index in [4.69, 9.17) is 33.7 Å². The smallest absolute Gasteiger partial charge is 0.338 e. The van der Waals surface area contributed by atoms with E-state index in [0.29, 0.717) is 0 Å². The summed E-state index contributed by atoms with van der Waals surface area (Å²) in [5, 5.41) is 35.8. The van der Waals surface area contributed by atoms with Crippen LogP contribution in [-0.2, 0) is 19.1 Å². The fourth-order valence-electron chi connectivity index (χ4n) is 3.43. The van der Waals surface area contributed by atoms with Crippen LogP contribution in [0.2, 0.25) is 0 Å². The highest BCUT2D eigenvalue weighted by Crippen LogP contribution is 2.44. The lowest BCUT2D eigenvalue weighted by Gasteiger charge is -2.50. The van der Waals surface area contributed by atoms with Crippen LogP contribution in [0.3, 0.4) is 0 Å². The molecule has 0 spiro atoms. The van der Waals surface area contributed by atoms with Gasteiger partial charge in [0, 0.05) is 12.3 Å². The van der Waals surface area contributed by atoms with E-state index in [9.17, 15) is 29.7 Å². The van der Waals surface area contributed by atoms with Crippen molar-refractivity contribution in [2.45, 2.75) is 68.0 Å². The van der Waals surface area contributed by atoms with Gasteiger partial charge in [-0.1, -0.05) is 0 Å². The molecule has 0 aromatic carbocycles. The van der Waals surface area contributed by atoms with E-state index >= 15 is 0 Å². The first kappa shape index (κ1) is 23.7. The summed E-state index contributed by atoms with van der Waals surface area (Å²) >= 11 is 12.1. The Morgan fingerprint density at radius 1 is 1.28 bits per heavy atom. The summed E-state index contributed by atoms with van der Waals surface area (Å²) < 4.78 is 5.34. The minimum absolute atomic E-state index is 0.271. The third-order valence-electron chi connectivity index (χ3n) is 5.21. The molecule has 1 aliphatic carbocycles. The number of halogens is 2. The van der Waals surface area contributed by atoms with Crippen molar-refractivity contribution in [3.05, 3.63) is 11.3 Å². The maximum Gasteiger partial charge on any atom is 0.338 e. The van der Waals surface area contributed by atoms with E-state index < -0.39 is 70.2 Å². The molecule has 10 nitrogen and oxygen atoms in total. The zero-order chi connectivity index (χ0) is 22.3. The topological polar surface area (TPSA) is 171 Å². The number of carbonyl (C=O) groups excluding carboxylic acids is 3. The highest BCUT2D eigenvalue weighted by Gasteiger charge is 2.59. The molecule has 1 saturated heterocycles. The van der Waals surface area contributed by atoms with Crippen LogP contribution >= 0.6 is 23.2 Å². The Morgan fingerprint density at radius 2 is 1.86 bits per heavy atom. The van der Waals surface area contributed by atoms with E-state index in [0.717, 1.165) is 0 Å². The minimum Gasteiger partial charge on any atom is -0.512 e. The summed E-state index contributed by atoms with van der Waals surface area (Å²) in [5.41, 5.74) is 3.50. The van der Waals surface area contributed by atoms with Crippen LogP contribution in [0, 0.1) is 5.92 Å². The molecule has 2 rings (SSSR count). The van der Waals surface area contributed by atoms with E-state index in [1.807, 2.05) is 0 Å². The molecule has 12 heteroatoms. The van der Waals surface area contributed by atoms with Gasteiger partial charge in [0.2, 0.25) is 11.8 Å². The molecule has 29 heavy (non-hydrogen) atoms. The molecule has 7 N–H and O–H groups in total. The Labute approximate surface area is 177 Å². The third-order valence-corrected chi connectivity index (χ3v) is 6.08. The predicted molar refractivity (Wildman–Crippen MR) is 103 cm³/mol. The molecule has 0 bridgehead atoms. The van der Waals surface area contributed by atoms with Crippen LogP contribution in [0.15, 0.2) is 11.3 Å². The van der Waals surface area contributed by atoms with Crippen molar-refractivity contribution in [1.29, 1.82) is 0 Å². The first-order valence-corrected chi connectivity index (χ1v) is 9.84. The number of amides is 2. The van der Waals surface area contributed by atoms with Crippen molar-refractivity contribution >= 4 is 41.0 Å². The molecule has 1 heterocycles. The molecule has 0 aromatic rings. The third kappa shape index (κ3) is 4.46. The molecule has 1 aliphatic heterocycles. The standard InChI is InChI=1S/C17H25Cl2N3O7/c1-5(20)13(26)21-6(2)14(27)22-12-10-9(7(23)4-8(24)11(10)25)15(28)29-17(12,3)16(18)19/h5-6,8,10-12,16,23-25H,4,20H2,1-3H3,(H,21,26)(H,22,27)/t5-,6-,8+,10-,11-,12+,17-/m0/s1. The summed E-state index contributed by atoms with van der Waals surface area (Å²) in [5.74, 6) is -3.93. The van der Waals surface area contributed by atoms with Crippen LogP contribution in [0.4, 0.5) is 0 Å². The number of aliphatic hydroxyl groups excluding tert-OH is 3. The van der Waals surface area contributed by atoms with E-state index in [1.54, 1.807) is 0 Å². The van der Waals surface area contributed by atoms with Gasteiger partial charge in [-0.15, -0.1) is 23.2 Å². The summed E-state index contributed by atoms with van der Waals surface area (Å²) in [4.78, 5) is 35.6. The molecule has 0 aromatic heterocycles. The van der Waals surface area contributed by atoms with E-state index in [-0.39, 0.29) is 12.0 Å². The number of carbonyl (C=O) groups is 3. The molecule has 1 fully saturated rings. The fraction of sp³-hybridized carbons (Fsp3) is 0.706. The molecule has 2 aliphatic rings. The lowest BCUT2D eigenvalue weighted by atomic mass is 9.71. The normalized spacial score (nSPS) is 34.2. The predicted octanol–water partition coefficient (Wildman–Crippen LogP) is -1.00. The number of nitrogens with one attached hydrogen (secondary N) is 2. The van der Waals surface area contributed by atoms with Crippen molar-refractivity contribution in [3.63, 3.8) is 0 Å². The highest BCUT2D eigenvalue weighted by atomic mass is 35.5. The molecular weight excluding hydrogens is 429 g/mol. The number of esters is 1. The number of nitrogens with two attached hydrogens (primary N) is 1. The van der Waals surface area contributed by atoms with Gasteiger partial charge in [0.1, 0.15) is 16.6 Å². The van der Waals surface area contributed by atoms with Gasteiger partial charge in [-0.2, -0.15) is 0 Å². The van der Waals surface area contributed by atoms with Crippen molar-refractivity contribution in [2.24, 2.45) is 11.7 Å². The Balaban J connectivity index is 2.41. The SMILES string of the molecule is C[C@H](N)C(=O)N[C@@H](C)C(=O)N[C@@H]1[C@H]2C(=C(O)C[C@@H](O)[C@@H]2O)C(=O)O[C@]1(C)C(Cl)Cl. The Morgan fingerprint density at radius 3 is 2.38 bits per heavy atom. The lowest BCUT2D eigenvalue weighted by molar-refractivity contribution is -0.173. The Bertz CT molecular complexity index is 730. The zero-order valence-corrected chi connectivity index (χ0v) is 17.6. The fourth-order valence-corrected chi connectivity index (χ4v) is 3.79. The molecule has 0 saturated carbocycles. The molecule has 7 atom stereocenters. The van der Waals surface area contributed by atoms with Crippen molar-refractivity contribution in [3.8, 4) is 0 Å². The minimum atomic E-state index is -1.70. The van der Waals surface area contributed by atoms with Gasteiger partial charge in [0.15, 0.2) is 5.60 Å². The van der Waals surface area contributed by atoms with Gasteiger partial charge in [-0.25, -0.2) is 4.79 Å². The summed E-state index contributed by atoms with van der Waals surface area (Å²) in [7, 11) is 0. The van der Waals surface area contributed by atoms with Crippen molar-refractivity contribution < 1.29 is 34.4 Å². The Hall–Kier alpha value is -1.59. The van der Waals surface area contributed by atoms with Gasteiger partial charge in [-0.3, -0.25) is 9.59 Å². The maximum absolute atomic E-state index is 12.7. The molecular formula is C17H25Cl2N3O7. The second-order valence-electron chi connectivity index (χ2n) is 7.53. The second-order valence-corrected chi connectivity index (χ2v) is 8.62. The summed E-state index contributed by atoms with van der Waals surface area (Å²) in [6, 6.07) is -3.10. The largest absolute Gasteiger partial charge is 0.512 e. The molecule has 164 valence electrons. The highest BCUT2D eigenvalue weighted by molar-refractivity contribution is 6.45. The van der Waals surface area contributed by atoms with Crippen LogP contribution in [0.25, 0.3) is 0 Å². The Kier molecular flexibility index (Phi) is 7.06. The van der Waals surface area contributed by atoms with E-state index in [2.05, 4.69) is 10.6 Å². The van der Waals surface area contributed by atoms with Crippen LogP contribution in [0.1, 0.15) is 27.2 Å². The van der Waals surface area contributed by atoms with Gasteiger partial charge in [0.05, 0.1) is 29.9 Å². The molecule has 2 amide bonds. The van der Waals surface area contributed by atoms with Gasteiger partial charge < -0.3 is 36.4 Å². The number of hydrogen-bond donors (Lipinski definition) is 6. The maximum atomic E-state index is 12.7. The number of ether oxygens (including phenoxy) is 1. The number of aliphatic hydroxyl groups is 3. The first-order valence-electron chi connectivity index (χ1n) is 8.97. The van der Waals surface area contributed by atoms with Gasteiger partial charge in [-0.05, 0) is 20.8 Å². The average Bonchev–Trinajstić information content (AvgIpc) is 2.61. The van der Waals surface area contributed by atoms with Crippen LogP contribution in [0.5, 0.6) is 0 Å². The van der Waals surface area contributed by atoms with Crippen molar-refractivity contribution in [1.82, 2.24) is 10.6 Å². The van der Waals surface area contributed by atoms with Gasteiger partial charge >= 0.3 is 5.97 Å². The van der Waals surface area contributed by atoms with Crippen molar-refractivity contribution in [2.75, 3.05) is 0 Å². The summed E-state index contributed by atoms with van der Waals surface area (Å²) in [6.07, 6.45) is -3.26. The lowest BCUT2D eigenvalue weighted by Crippen LogP contribution is -2.69. The molecule has 0 radical (unpaired) electrons. The number of rotatable bonds is 5. The second kappa shape index (κ2) is 8.65. The quantitative estimate of drug-likeness (QED) is 0.227. The van der Waals surface area contributed by atoms with E-state index in [1.165, 1.54) is 20.8 Å². The number of hydrogen-bond acceptors (Lipinski definition) is 8. The number of cyclic esters (lactones) is 1. The number of fused-ring (bicyclic) bond motifs is 1. The van der Waals surface area contributed by atoms with Crippen LogP contribution in [-0.4, -0.2) is 73.9 Å². The van der Waals surface area contributed by atoms with Gasteiger partial charge in [0.25, 0.3) is 0 Å². The zero-order valence-electron chi connectivity index (χ0n) is 16.1. The average molecular weight is 454 g/mol. The first-order chi connectivity index (χ1) is 13.3. The number of alkyl halides is 2. The monoisotopic (exact) mass is 453 g/mol.